The highest BCUT2D eigenvalue weighted by Gasteiger charge is 2.38. The lowest BCUT2D eigenvalue weighted by molar-refractivity contribution is -0.274. The van der Waals surface area contributed by atoms with Gasteiger partial charge < -0.3 is 15.6 Å². The van der Waals surface area contributed by atoms with Crippen LogP contribution in [0.2, 0.25) is 0 Å². The topological polar surface area (TPSA) is 132 Å². The second-order valence-electron chi connectivity index (χ2n) is 6.45. The number of nitrogens with zero attached hydrogens (tertiary/aromatic N) is 4. The fraction of sp³-hybridized carbons (Fsp3) is 0.158. The van der Waals surface area contributed by atoms with Gasteiger partial charge in [-0.05, 0) is 35.9 Å². The van der Waals surface area contributed by atoms with E-state index in [2.05, 4.69) is 25.0 Å². The molecule has 9 nitrogen and oxygen atoms in total. The van der Waals surface area contributed by atoms with Crippen LogP contribution in [0.5, 0.6) is 5.75 Å². The molecule has 0 spiro atoms. The molecule has 0 unspecified atom stereocenters. The Balaban J connectivity index is 0.000000406. The van der Waals surface area contributed by atoms with Gasteiger partial charge in [-0.1, -0.05) is 0 Å². The normalized spacial score (nSPS) is 11.7. The number of carboxylic acids is 1. The number of hydrogen-bond acceptors (Lipinski definition) is 6. The lowest BCUT2D eigenvalue weighted by atomic mass is 10.1. The molecule has 0 fully saturated rings. The number of aromatic nitrogens is 5. The molecule has 0 amide bonds. The minimum atomic E-state index is -5.08. The van der Waals surface area contributed by atoms with E-state index in [-0.39, 0.29) is 12.3 Å². The Labute approximate surface area is 185 Å². The van der Waals surface area contributed by atoms with Crippen molar-refractivity contribution in [3.05, 3.63) is 54.6 Å². The molecule has 0 aliphatic rings. The number of aliphatic carboxylic acids is 1. The Morgan fingerprint density at radius 2 is 1.76 bits per heavy atom. The van der Waals surface area contributed by atoms with Crippen molar-refractivity contribution in [1.82, 2.24) is 25.0 Å². The van der Waals surface area contributed by atoms with E-state index in [4.69, 9.17) is 15.6 Å². The number of aromatic amines is 1. The molecule has 0 saturated heterocycles. The van der Waals surface area contributed by atoms with Gasteiger partial charge in [-0.3, -0.25) is 5.10 Å². The molecule has 0 aliphatic carbocycles. The molecule has 4 rings (SSSR count). The molecule has 3 aromatic heterocycles. The molecule has 0 atom stereocenters. The highest BCUT2D eigenvalue weighted by atomic mass is 19.4. The predicted molar refractivity (Wildman–Crippen MR) is 105 cm³/mol. The molecular formula is C19H14F6N6O3. The van der Waals surface area contributed by atoms with Crippen LogP contribution in [0.4, 0.5) is 26.3 Å². The maximum Gasteiger partial charge on any atom is 0.573 e. The molecule has 4 aromatic rings. The van der Waals surface area contributed by atoms with Crippen LogP contribution in [-0.2, 0) is 11.3 Å². The largest absolute Gasteiger partial charge is 0.573 e. The summed E-state index contributed by atoms with van der Waals surface area (Å²) in [7, 11) is 0. The van der Waals surface area contributed by atoms with E-state index in [0.29, 0.717) is 17.0 Å². The zero-order chi connectivity index (χ0) is 25.1. The van der Waals surface area contributed by atoms with Crippen molar-refractivity contribution in [2.24, 2.45) is 5.73 Å². The first-order valence-corrected chi connectivity index (χ1v) is 9.13. The van der Waals surface area contributed by atoms with Crippen LogP contribution < -0.4 is 10.5 Å². The quantitative estimate of drug-likeness (QED) is 0.372. The summed E-state index contributed by atoms with van der Waals surface area (Å²) in [6.45, 7) is 0.176. The highest BCUT2D eigenvalue weighted by Crippen LogP contribution is 2.31. The summed E-state index contributed by atoms with van der Waals surface area (Å²) < 4.78 is 74.2. The smallest absolute Gasteiger partial charge is 0.475 e. The average molecular weight is 488 g/mol. The first-order chi connectivity index (χ1) is 15.9. The molecule has 34 heavy (non-hydrogen) atoms. The number of hydrogen-bond donors (Lipinski definition) is 3. The van der Waals surface area contributed by atoms with E-state index in [1.54, 1.807) is 23.3 Å². The molecular weight excluding hydrogens is 474 g/mol. The maximum absolute atomic E-state index is 12.3. The number of H-pyrrole nitrogens is 1. The monoisotopic (exact) mass is 488 g/mol. The number of benzene rings is 1. The van der Waals surface area contributed by atoms with E-state index in [9.17, 15) is 26.3 Å². The second-order valence-corrected chi connectivity index (χ2v) is 6.45. The zero-order valence-corrected chi connectivity index (χ0v) is 16.7. The first kappa shape index (κ1) is 24.5. The minimum absolute atomic E-state index is 0.176. The SMILES string of the molecule is NCc1nn(-c2ccc(OC(F)(F)F)cc2)c2nccc(-c3cn[nH]c3)c12.O=C(O)C(F)(F)F. The van der Waals surface area contributed by atoms with Gasteiger partial charge in [-0.25, -0.2) is 14.5 Å². The first-order valence-electron chi connectivity index (χ1n) is 9.13. The molecule has 0 saturated carbocycles. The van der Waals surface area contributed by atoms with Crippen molar-refractivity contribution in [1.29, 1.82) is 0 Å². The minimum Gasteiger partial charge on any atom is -0.475 e. The summed E-state index contributed by atoms with van der Waals surface area (Å²) in [5.41, 5.74) is 9.25. The van der Waals surface area contributed by atoms with Crippen LogP contribution in [0, 0.1) is 0 Å². The maximum atomic E-state index is 12.3. The predicted octanol–water partition coefficient (Wildman–Crippen LogP) is 3.80. The number of alkyl halides is 6. The summed E-state index contributed by atoms with van der Waals surface area (Å²) in [5.74, 6) is -3.07. The number of ether oxygens (including phenoxy) is 1. The van der Waals surface area contributed by atoms with Crippen molar-refractivity contribution in [3.63, 3.8) is 0 Å². The van der Waals surface area contributed by atoms with E-state index in [1.165, 1.54) is 24.3 Å². The van der Waals surface area contributed by atoms with Crippen molar-refractivity contribution in [2.75, 3.05) is 0 Å². The van der Waals surface area contributed by atoms with Crippen molar-refractivity contribution in [3.8, 4) is 22.6 Å². The van der Waals surface area contributed by atoms with Crippen LogP contribution in [0.15, 0.2) is 48.9 Å². The van der Waals surface area contributed by atoms with Gasteiger partial charge in [-0.15, -0.1) is 13.2 Å². The Morgan fingerprint density at radius 3 is 2.26 bits per heavy atom. The number of fused-ring (bicyclic) bond motifs is 1. The molecule has 0 aliphatic heterocycles. The van der Waals surface area contributed by atoms with Crippen LogP contribution in [0.25, 0.3) is 27.8 Å². The number of carboxylic acid groups (broad SMARTS) is 1. The lowest BCUT2D eigenvalue weighted by Crippen LogP contribution is -2.21. The fourth-order valence-corrected chi connectivity index (χ4v) is 2.86. The Hall–Kier alpha value is -4.14. The van der Waals surface area contributed by atoms with Crippen LogP contribution in [-0.4, -0.2) is 48.6 Å². The van der Waals surface area contributed by atoms with Crippen LogP contribution in [0.3, 0.4) is 0 Å². The van der Waals surface area contributed by atoms with Crippen molar-refractivity contribution >= 4 is 17.0 Å². The number of halogens is 6. The Kier molecular flexibility index (Phi) is 6.76. The molecule has 1 aromatic carbocycles. The molecule has 0 radical (unpaired) electrons. The molecule has 180 valence electrons. The summed E-state index contributed by atoms with van der Waals surface area (Å²) in [6, 6.07) is 7.22. The van der Waals surface area contributed by atoms with Gasteiger partial charge in [0.25, 0.3) is 0 Å². The number of nitrogens with two attached hydrogens (primary N) is 1. The van der Waals surface area contributed by atoms with E-state index in [0.717, 1.165) is 16.5 Å². The van der Waals surface area contributed by atoms with Gasteiger partial charge in [0, 0.05) is 24.5 Å². The van der Waals surface area contributed by atoms with Gasteiger partial charge in [0.05, 0.1) is 23.0 Å². The van der Waals surface area contributed by atoms with Crippen LogP contribution in [0.1, 0.15) is 5.69 Å². The van der Waals surface area contributed by atoms with Crippen LogP contribution >= 0.6 is 0 Å². The zero-order valence-electron chi connectivity index (χ0n) is 16.7. The molecule has 15 heteroatoms. The summed E-state index contributed by atoms with van der Waals surface area (Å²) in [5, 5.41) is 19.1. The average Bonchev–Trinajstić information content (AvgIpc) is 3.41. The van der Waals surface area contributed by atoms with Gasteiger partial charge in [0.2, 0.25) is 0 Å². The van der Waals surface area contributed by atoms with Crippen molar-refractivity contribution < 1.29 is 41.0 Å². The Bertz CT molecular complexity index is 1270. The molecule has 0 bridgehead atoms. The summed E-state index contributed by atoms with van der Waals surface area (Å²) >= 11 is 0. The number of rotatable bonds is 4. The van der Waals surface area contributed by atoms with Gasteiger partial charge in [0.1, 0.15) is 5.75 Å². The third-order valence-corrected chi connectivity index (χ3v) is 4.20. The van der Waals surface area contributed by atoms with Gasteiger partial charge in [-0.2, -0.15) is 23.4 Å². The number of pyridine rings is 1. The molecule has 3 heterocycles. The third kappa shape index (κ3) is 5.61. The molecule has 4 N–H and O–H groups in total. The highest BCUT2D eigenvalue weighted by molar-refractivity contribution is 5.95. The standard InChI is InChI=1S/C17H13F3N6O.C2HF3O2/c18-17(19,20)27-12-3-1-11(2-4-12)26-16-15(14(7-21)25-26)13(5-6-22-16)10-8-23-24-9-10;3-2(4,5)1(6)7/h1-6,8-9H,7,21H2,(H,23,24);(H,6,7). The number of carbonyl (C=O) groups is 1. The lowest BCUT2D eigenvalue weighted by Gasteiger charge is -2.09. The van der Waals surface area contributed by atoms with Gasteiger partial charge in [0.15, 0.2) is 5.65 Å². The third-order valence-electron chi connectivity index (χ3n) is 4.20. The van der Waals surface area contributed by atoms with E-state index in [1.807, 2.05) is 6.07 Å². The van der Waals surface area contributed by atoms with Crippen molar-refractivity contribution in [2.45, 2.75) is 19.1 Å². The van der Waals surface area contributed by atoms with E-state index < -0.39 is 18.5 Å². The Morgan fingerprint density at radius 1 is 1.12 bits per heavy atom. The second kappa shape index (κ2) is 9.38. The summed E-state index contributed by atoms with van der Waals surface area (Å²) in [6.07, 6.45) is -4.77. The van der Waals surface area contributed by atoms with E-state index >= 15 is 0 Å². The fourth-order valence-electron chi connectivity index (χ4n) is 2.86. The van der Waals surface area contributed by atoms with Gasteiger partial charge >= 0.3 is 18.5 Å². The summed E-state index contributed by atoms with van der Waals surface area (Å²) in [4.78, 5) is 13.3. The number of nitrogens with one attached hydrogen (secondary N) is 1.